The second-order valence-corrected chi connectivity index (χ2v) is 3.32. The quantitative estimate of drug-likeness (QED) is 0.782. The summed E-state index contributed by atoms with van der Waals surface area (Å²) < 4.78 is 5.95. The highest BCUT2D eigenvalue weighted by molar-refractivity contribution is 6.32. The molecule has 5 nitrogen and oxygen atoms in total. The molecule has 0 bridgehead atoms. The van der Waals surface area contributed by atoms with E-state index in [1.807, 2.05) is 0 Å². The summed E-state index contributed by atoms with van der Waals surface area (Å²) in [7, 11) is 0. The van der Waals surface area contributed by atoms with Gasteiger partial charge < -0.3 is 14.3 Å². The Hall–Kier alpha value is -1.75. The fraction of sp³-hybridized carbons (Fsp3) is 0.111. The number of benzene rings is 1. The lowest BCUT2D eigenvalue weighted by atomic mass is 10.3. The van der Waals surface area contributed by atoms with Crippen molar-refractivity contribution < 1.29 is 14.3 Å². The summed E-state index contributed by atoms with van der Waals surface area (Å²) in [6.45, 7) is -0.104. The van der Waals surface area contributed by atoms with Crippen molar-refractivity contribution in [2.75, 3.05) is 0 Å². The van der Waals surface area contributed by atoms with Gasteiger partial charge in [-0.15, -0.1) is 0 Å². The van der Waals surface area contributed by atoms with Gasteiger partial charge in [0.25, 0.3) is 0 Å². The van der Waals surface area contributed by atoms with Crippen molar-refractivity contribution in [1.29, 1.82) is 0 Å². The zero-order valence-electron chi connectivity index (χ0n) is 7.44. The predicted octanol–water partition coefficient (Wildman–Crippen LogP) is 1.15. The number of aldehydes is 1. The van der Waals surface area contributed by atoms with Gasteiger partial charge in [0.05, 0.1) is 17.1 Å². The van der Waals surface area contributed by atoms with Gasteiger partial charge in [0.1, 0.15) is 12.0 Å². The standard InChI is InChI=1S/C9H6ClNO4/c10-5-3-6-8(4-7(5)13)15-9(14)11(6)1-2-12/h2-4,13H,1H2. The van der Waals surface area contributed by atoms with Crippen molar-refractivity contribution in [2.24, 2.45) is 0 Å². The van der Waals surface area contributed by atoms with Crippen LogP contribution in [0, 0.1) is 0 Å². The highest BCUT2D eigenvalue weighted by atomic mass is 35.5. The molecule has 0 saturated carbocycles. The molecular formula is C9H6ClNO4. The van der Waals surface area contributed by atoms with Gasteiger partial charge in [-0.3, -0.25) is 4.57 Å². The maximum absolute atomic E-state index is 11.3. The molecule has 1 aromatic heterocycles. The molecule has 15 heavy (non-hydrogen) atoms. The fourth-order valence-corrected chi connectivity index (χ4v) is 1.48. The summed E-state index contributed by atoms with van der Waals surface area (Å²) in [5, 5.41) is 9.37. The Balaban J connectivity index is 2.81. The molecule has 0 atom stereocenters. The predicted molar refractivity (Wildman–Crippen MR) is 53.2 cm³/mol. The molecular weight excluding hydrogens is 222 g/mol. The van der Waals surface area contributed by atoms with E-state index in [2.05, 4.69) is 0 Å². The molecule has 0 aliphatic rings. The molecule has 2 rings (SSSR count). The number of hydrogen-bond acceptors (Lipinski definition) is 4. The van der Waals surface area contributed by atoms with Gasteiger partial charge in [-0.1, -0.05) is 11.6 Å². The molecule has 0 spiro atoms. The number of oxazole rings is 1. The van der Waals surface area contributed by atoms with E-state index < -0.39 is 5.76 Å². The number of aromatic hydroxyl groups is 1. The maximum Gasteiger partial charge on any atom is 0.420 e. The number of fused-ring (bicyclic) bond motifs is 1. The van der Waals surface area contributed by atoms with Gasteiger partial charge in [0.15, 0.2) is 5.58 Å². The Labute approximate surface area is 88.5 Å². The van der Waals surface area contributed by atoms with Crippen LogP contribution in [0.25, 0.3) is 11.1 Å². The first-order valence-electron chi connectivity index (χ1n) is 4.09. The van der Waals surface area contributed by atoms with Crippen LogP contribution in [0.5, 0.6) is 5.75 Å². The van der Waals surface area contributed by atoms with Crippen molar-refractivity contribution in [3.63, 3.8) is 0 Å². The number of carbonyl (C=O) groups is 1. The number of aromatic nitrogens is 1. The first-order valence-corrected chi connectivity index (χ1v) is 4.47. The van der Waals surface area contributed by atoms with Gasteiger partial charge >= 0.3 is 5.76 Å². The summed E-state index contributed by atoms with van der Waals surface area (Å²) in [5.41, 5.74) is 0.582. The SMILES string of the molecule is O=CCn1c(=O)oc2cc(O)c(Cl)cc21. The van der Waals surface area contributed by atoms with Crippen LogP contribution in [0.4, 0.5) is 0 Å². The van der Waals surface area contributed by atoms with E-state index in [4.69, 9.17) is 16.0 Å². The van der Waals surface area contributed by atoms with Crippen molar-refractivity contribution >= 4 is 29.0 Å². The minimum Gasteiger partial charge on any atom is -0.506 e. The van der Waals surface area contributed by atoms with Gasteiger partial charge in [-0.2, -0.15) is 0 Å². The molecule has 78 valence electrons. The Morgan fingerprint density at radius 1 is 1.53 bits per heavy atom. The number of phenolic OH excluding ortho intramolecular Hbond substituents is 1. The molecule has 0 fully saturated rings. The molecule has 0 aliphatic heterocycles. The molecule has 0 amide bonds. The van der Waals surface area contributed by atoms with E-state index in [9.17, 15) is 14.7 Å². The minimum atomic E-state index is -0.654. The highest BCUT2D eigenvalue weighted by Crippen LogP contribution is 2.28. The van der Waals surface area contributed by atoms with Crippen LogP contribution in [0.2, 0.25) is 5.02 Å². The first-order chi connectivity index (χ1) is 7.13. The average molecular weight is 228 g/mol. The zero-order chi connectivity index (χ0) is 11.0. The lowest BCUT2D eigenvalue weighted by Gasteiger charge is -1.97. The molecule has 0 radical (unpaired) electrons. The lowest BCUT2D eigenvalue weighted by molar-refractivity contribution is -0.108. The summed E-state index contributed by atoms with van der Waals surface area (Å²) >= 11 is 5.67. The largest absolute Gasteiger partial charge is 0.506 e. The van der Waals surface area contributed by atoms with Gasteiger partial charge in [-0.05, 0) is 6.07 Å². The molecule has 2 aromatic rings. The van der Waals surface area contributed by atoms with Gasteiger partial charge in [-0.25, -0.2) is 4.79 Å². The van der Waals surface area contributed by atoms with Crippen molar-refractivity contribution in [3.05, 3.63) is 27.7 Å². The maximum atomic E-state index is 11.3. The van der Waals surface area contributed by atoms with E-state index in [1.54, 1.807) is 0 Å². The molecule has 0 saturated heterocycles. The van der Waals surface area contributed by atoms with Crippen LogP contribution in [0.15, 0.2) is 21.3 Å². The molecule has 1 heterocycles. The second-order valence-electron chi connectivity index (χ2n) is 2.92. The second kappa shape index (κ2) is 3.43. The van der Waals surface area contributed by atoms with Gasteiger partial charge in [0, 0.05) is 6.07 Å². The molecule has 1 aromatic carbocycles. The lowest BCUT2D eigenvalue weighted by Crippen LogP contribution is -2.14. The average Bonchev–Trinajstić information content (AvgIpc) is 2.46. The topological polar surface area (TPSA) is 72.4 Å². The smallest absolute Gasteiger partial charge is 0.420 e. The monoisotopic (exact) mass is 227 g/mol. The molecule has 0 aliphatic carbocycles. The van der Waals surface area contributed by atoms with E-state index in [0.29, 0.717) is 11.8 Å². The summed E-state index contributed by atoms with van der Waals surface area (Å²) in [6.07, 6.45) is 0.580. The Bertz CT molecular complexity index is 584. The molecule has 6 heteroatoms. The number of nitrogens with zero attached hydrogens (tertiary/aromatic N) is 1. The Kier molecular flexibility index (Phi) is 2.24. The summed E-state index contributed by atoms with van der Waals surface area (Å²) in [6, 6.07) is 2.61. The van der Waals surface area contributed by atoms with Crippen LogP contribution in [0.1, 0.15) is 0 Å². The number of halogens is 1. The van der Waals surface area contributed by atoms with Crippen LogP contribution in [-0.4, -0.2) is 16.0 Å². The third-order valence-electron chi connectivity index (χ3n) is 1.99. The zero-order valence-corrected chi connectivity index (χ0v) is 8.19. The number of rotatable bonds is 2. The van der Waals surface area contributed by atoms with Crippen LogP contribution in [0.3, 0.4) is 0 Å². The van der Waals surface area contributed by atoms with Crippen molar-refractivity contribution in [1.82, 2.24) is 4.57 Å². The van der Waals surface area contributed by atoms with Crippen molar-refractivity contribution in [3.8, 4) is 5.75 Å². The number of phenols is 1. The third kappa shape index (κ3) is 1.50. The third-order valence-corrected chi connectivity index (χ3v) is 2.30. The van der Waals surface area contributed by atoms with Crippen LogP contribution < -0.4 is 5.76 Å². The normalized spacial score (nSPS) is 10.7. The van der Waals surface area contributed by atoms with E-state index >= 15 is 0 Å². The van der Waals surface area contributed by atoms with Crippen molar-refractivity contribution in [2.45, 2.75) is 6.54 Å². The van der Waals surface area contributed by atoms with Crippen LogP contribution >= 0.6 is 11.6 Å². The van der Waals surface area contributed by atoms with E-state index in [-0.39, 0.29) is 22.9 Å². The molecule has 1 N–H and O–H groups in total. The summed E-state index contributed by atoms with van der Waals surface area (Å²) in [5.74, 6) is -0.824. The fourth-order valence-electron chi connectivity index (χ4n) is 1.32. The highest BCUT2D eigenvalue weighted by Gasteiger charge is 2.11. The summed E-state index contributed by atoms with van der Waals surface area (Å²) in [4.78, 5) is 21.6. The minimum absolute atomic E-state index is 0.1000. The van der Waals surface area contributed by atoms with E-state index in [0.717, 1.165) is 4.57 Å². The van der Waals surface area contributed by atoms with Gasteiger partial charge in [0.2, 0.25) is 0 Å². The number of hydrogen-bond donors (Lipinski definition) is 1. The Morgan fingerprint density at radius 2 is 2.27 bits per heavy atom. The Morgan fingerprint density at radius 3 is 2.93 bits per heavy atom. The van der Waals surface area contributed by atoms with Crippen LogP contribution in [-0.2, 0) is 11.3 Å². The van der Waals surface area contributed by atoms with E-state index in [1.165, 1.54) is 12.1 Å². The number of carbonyl (C=O) groups excluding carboxylic acids is 1. The molecule has 0 unspecified atom stereocenters. The first kappa shape index (κ1) is 9.79.